The molecule has 0 bridgehead atoms. The topological polar surface area (TPSA) is 104 Å². The standard InChI is InChI=1S/C36H34F3IN6O4/c1-20-15-28(45(18-22-5-9-24(49-3)10-6-22)19-23-7-11-25(50-4)12-8-23)41-33(31(20)40)29-27(37)16-26-32(30(29)38)42-35(39)43-34(26)46-14-13-44(36(47)48)17-21(46)2/h5-12,15-16,21H,13-14,17-19H2,1-4H3,(H,47,48)/t21-/m1/s1. The van der Waals surface area contributed by atoms with Gasteiger partial charge in [0.2, 0.25) is 0 Å². The molecule has 14 heteroatoms. The highest BCUT2D eigenvalue weighted by Crippen LogP contribution is 2.38. The number of carboxylic acid groups (broad SMARTS) is 1. The molecule has 0 radical (unpaired) electrons. The van der Waals surface area contributed by atoms with Gasteiger partial charge in [0.05, 0.1) is 25.5 Å². The average molecular weight is 799 g/mol. The minimum atomic E-state index is -1.19. The van der Waals surface area contributed by atoms with Gasteiger partial charge in [-0.1, -0.05) is 24.3 Å². The number of aromatic nitrogens is 3. The zero-order chi connectivity index (χ0) is 35.7. The number of rotatable bonds is 9. The Kier molecular flexibility index (Phi) is 10.2. The van der Waals surface area contributed by atoms with Crippen molar-refractivity contribution in [3.05, 3.63) is 98.6 Å². The van der Waals surface area contributed by atoms with Gasteiger partial charge in [-0.2, -0.15) is 14.4 Å². The van der Waals surface area contributed by atoms with Crippen LogP contribution in [0.4, 0.5) is 29.6 Å². The van der Waals surface area contributed by atoms with Crippen LogP contribution >= 0.6 is 22.6 Å². The van der Waals surface area contributed by atoms with Gasteiger partial charge >= 0.3 is 12.2 Å². The molecule has 0 spiro atoms. The second kappa shape index (κ2) is 14.5. The predicted octanol–water partition coefficient (Wildman–Crippen LogP) is 7.43. The van der Waals surface area contributed by atoms with Crippen molar-refractivity contribution in [2.75, 3.05) is 43.7 Å². The Labute approximate surface area is 300 Å². The van der Waals surface area contributed by atoms with Crippen LogP contribution in [0.25, 0.3) is 22.2 Å². The van der Waals surface area contributed by atoms with Crippen LogP contribution in [0.3, 0.4) is 0 Å². The summed E-state index contributed by atoms with van der Waals surface area (Å²) in [6, 6.07) is 17.7. The Bertz CT molecular complexity index is 2000. The first-order valence-electron chi connectivity index (χ1n) is 15.8. The Balaban J connectivity index is 1.45. The molecule has 1 amide bonds. The van der Waals surface area contributed by atoms with E-state index in [1.807, 2.05) is 89.0 Å². The quantitative estimate of drug-likeness (QED) is 0.121. The molecular formula is C36H34F3IN6O4. The lowest BCUT2D eigenvalue weighted by atomic mass is 10.0. The lowest BCUT2D eigenvalue weighted by Gasteiger charge is -2.39. The largest absolute Gasteiger partial charge is 0.497 e. The second-order valence-electron chi connectivity index (χ2n) is 12.0. The van der Waals surface area contributed by atoms with E-state index in [-0.39, 0.29) is 36.5 Å². The van der Waals surface area contributed by atoms with E-state index in [0.29, 0.717) is 34.0 Å². The smallest absolute Gasteiger partial charge is 0.407 e. The van der Waals surface area contributed by atoms with Crippen molar-refractivity contribution in [3.8, 4) is 22.8 Å². The molecule has 1 N–H and O–H groups in total. The molecule has 1 fully saturated rings. The molecule has 1 saturated heterocycles. The van der Waals surface area contributed by atoms with Crippen molar-refractivity contribution in [1.82, 2.24) is 19.9 Å². The number of amides is 1. The molecule has 3 aromatic carbocycles. The highest BCUT2D eigenvalue weighted by atomic mass is 127. The Morgan fingerprint density at radius 1 is 0.940 bits per heavy atom. The van der Waals surface area contributed by atoms with Crippen molar-refractivity contribution in [1.29, 1.82) is 0 Å². The zero-order valence-electron chi connectivity index (χ0n) is 27.8. The molecule has 5 aromatic rings. The molecule has 3 heterocycles. The zero-order valence-corrected chi connectivity index (χ0v) is 29.9. The number of benzene rings is 3. The molecule has 0 saturated carbocycles. The first-order valence-corrected chi connectivity index (χ1v) is 16.8. The summed E-state index contributed by atoms with van der Waals surface area (Å²) in [7, 11) is 3.19. The van der Waals surface area contributed by atoms with Gasteiger partial charge in [0.25, 0.3) is 0 Å². The summed E-state index contributed by atoms with van der Waals surface area (Å²) in [5, 5.41) is 9.40. The lowest BCUT2D eigenvalue weighted by molar-refractivity contribution is 0.136. The van der Waals surface area contributed by atoms with Gasteiger partial charge < -0.3 is 29.3 Å². The van der Waals surface area contributed by atoms with Gasteiger partial charge in [-0.05, 0) is 89.5 Å². The van der Waals surface area contributed by atoms with Crippen LogP contribution in [0.2, 0.25) is 0 Å². The van der Waals surface area contributed by atoms with Crippen molar-refractivity contribution >= 4 is 51.2 Å². The monoisotopic (exact) mass is 798 g/mol. The molecule has 10 nitrogen and oxygen atoms in total. The average Bonchev–Trinajstić information content (AvgIpc) is 3.10. The number of hydrogen-bond donors (Lipinski definition) is 1. The molecule has 2 aromatic heterocycles. The van der Waals surface area contributed by atoms with Crippen molar-refractivity contribution in [2.24, 2.45) is 0 Å². The molecule has 1 aliphatic rings. The maximum absolute atomic E-state index is 16.6. The number of nitrogens with zero attached hydrogens (tertiary/aromatic N) is 6. The number of anilines is 2. The molecule has 0 unspecified atom stereocenters. The minimum Gasteiger partial charge on any atom is -0.497 e. The molecule has 1 aliphatic heterocycles. The van der Waals surface area contributed by atoms with Crippen LogP contribution < -0.4 is 19.3 Å². The van der Waals surface area contributed by atoms with E-state index in [2.05, 4.69) is 9.97 Å². The first kappa shape index (κ1) is 35.0. The highest BCUT2D eigenvalue weighted by molar-refractivity contribution is 14.1. The van der Waals surface area contributed by atoms with E-state index in [9.17, 15) is 14.3 Å². The van der Waals surface area contributed by atoms with Gasteiger partial charge in [-0.25, -0.2) is 18.6 Å². The summed E-state index contributed by atoms with van der Waals surface area (Å²) in [5.74, 6) is -0.0946. The van der Waals surface area contributed by atoms with Gasteiger partial charge in [-0.3, -0.25) is 0 Å². The molecular weight excluding hydrogens is 764 g/mol. The van der Waals surface area contributed by atoms with E-state index in [0.717, 1.165) is 22.8 Å². The summed E-state index contributed by atoms with van der Waals surface area (Å²) in [4.78, 5) is 28.9. The number of halogens is 4. The normalized spacial score (nSPS) is 14.6. The lowest BCUT2D eigenvalue weighted by Crippen LogP contribution is -2.53. The predicted molar refractivity (Wildman–Crippen MR) is 192 cm³/mol. The van der Waals surface area contributed by atoms with Crippen LogP contribution in [0.5, 0.6) is 11.5 Å². The highest BCUT2D eigenvalue weighted by Gasteiger charge is 2.31. The van der Waals surface area contributed by atoms with Gasteiger partial charge in [0.15, 0.2) is 5.82 Å². The number of hydrogen-bond acceptors (Lipinski definition) is 8. The first-order chi connectivity index (χ1) is 24.0. The van der Waals surface area contributed by atoms with E-state index < -0.39 is 40.9 Å². The number of pyridine rings is 1. The second-order valence-corrected chi connectivity index (χ2v) is 13.1. The van der Waals surface area contributed by atoms with Crippen molar-refractivity contribution in [3.63, 3.8) is 0 Å². The van der Waals surface area contributed by atoms with Crippen LogP contribution in [-0.4, -0.2) is 70.9 Å². The van der Waals surface area contributed by atoms with Crippen LogP contribution in [0.15, 0.2) is 60.7 Å². The molecule has 6 rings (SSSR count). The number of carbonyl (C=O) groups is 1. The number of methoxy groups -OCH3 is 2. The molecule has 50 heavy (non-hydrogen) atoms. The van der Waals surface area contributed by atoms with E-state index in [1.54, 1.807) is 26.0 Å². The van der Waals surface area contributed by atoms with E-state index in [4.69, 9.17) is 14.5 Å². The maximum atomic E-state index is 16.6. The SMILES string of the molecule is COc1ccc(CN(Cc2ccc(OC)cc2)c2cc(C)c(I)c(-c3c(F)cc4c(N5CCN(C(=O)O)C[C@H]5C)nc(F)nc4c3F)n2)cc1. The summed E-state index contributed by atoms with van der Waals surface area (Å²) in [6.07, 6.45) is -2.27. The van der Waals surface area contributed by atoms with Gasteiger partial charge in [0.1, 0.15) is 34.5 Å². The molecule has 260 valence electrons. The number of aryl methyl sites for hydroxylation is 1. The third kappa shape index (κ3) is 7.06. The van der Waals surface area contributed by atoms with Crippen LogP contribution in [0, 0.1) is 28.2 Å². The molecule has 1 atom stereocenters. The summed E-state index contributed by atoms with van der Waals surface area (Å²) in [5.41, 5.74) is 1.87. The number of ether oxygens (including phenoxy) is 2. The minimum absolute atomic E-state index is 0.00728. The third-order valence-corrected chi connectivity index (χ3v) is 10.1. The van der Waals surface area contributed by atoms with Crippen molar-refractivity contribution < 1.29 is 32.5 Å². The fourth-order valence-corrected chi connectivity index (χ4v) is 6.67. The van der Waals surface area contributed by atoms with E-state index in [1.165, 1.54) is 4.90 Å². The number of fused-ring (bicyclic) bond motifs is 1. The summed E-state index contributed by atoms with van der Waals surface area (Å²) in [6.45, 7) is 4.80. The third-order valence-electron chi connectivity index (χ3n) is 8.76. The fraction of sp³-hybridized carbons (Fsp3) is 0.278. The van der Waals surface area contributed by atoms with Crippen LogP contribution in [0.1, 0.15) is 23.6 Å². The summed E-state index contributed by atoms with van der Waals surface area (Å²) >= 11 is 2.02. The summed E-state index contributed by atoms with van der Waals surface area (Å²) < 4.78 is 59.0. The Morgan fingerprint density at radius 3 is 2.08 bits per heavy atom. The van der Waals surface area contributed by atoms with Gasteiger partial charge in [0, 0.05) is 47.7 Å². The van der Waals surface area contributed by atoms with Gasteiger partial charge in [-0.15, -0.1) is 0 Å². The van der Waals surface area contributed by atoms with E-state index >= 15 is 8.78 Å². The fourth-order valence-electron chi connectivity index (χ4n) is 6.12. The number of piperazine rings is 1. The van der Waals surface area contributed by atoms with Crippen LogP contribution in [-0.2, 0) is 13.1 Å². The Hall–Kier alpha value is -4.86. The maximum Gasteiger partial charge on any atom is 0.407 e. The Morgan fingerprint density at radius 2 is 1.54 bits per heavy atom. The van der Waals surface area contributed by atoms with Crippen molar-refractivity contribution in [2.45, 2.75) is 33.0 Å². The molecule has 0 aliphatic carbocycles.